The van der Waals surface area contributed by atoms with Crippen molar-refractivity contribution in [3.63, 3.8) is 0 Å². The normalized spacial score (nSPS) is 13.5. The summed E-state index contributed by atoms with van der Waals surface area (Å²) in [7, 11) is 0. The van der Waals surface area contributed by atoms with Gasteiger partial charge in [0.15, 0.2) is 0 Å². The van der Waals surface area contributed by atoms with E-state index >= 15 is 0 Å². The zero-order valence-corrected chi connectivity index (χ0v) is 13.4. The molecule has 1 amide bonds. The molecule has 0 unspecified atom stereocenters. The van der Waals surface area contributed by atoms with Gasteiger partial charge < -0.3 is 16.4 Å². The molecule has 0 saturated carbocycles. The maximum Gasteiger partial charge on any atom is 0.224 e. The van der Waals surface area contributed by atoms with Crippen molar-refractivity contribution in [3.8, 4) is 0 Å². The lowest BCUT2D eigenvalue weighted by Gasteiger charge is -2.20. The first-order chi connectivity index (χ1) is 10.0. The van der Waals surface area contributed by atoms with E-state index in [-0.39, 0.29) is 5.91 Å². The second kappa shape index (κ2) is 5.58. The van der Waals surface area contributed by atoms with Gasteiger partial charge in [-0.15, -0.1) is 0 Å². The van der Waals surface area contributed by atoms with Gasteiger partial charge in [-0.3, -0.25) is 4.79 Å². The lowest BCUT2D eigenvalue weighted by Crippen LogP contribution is -2.19. The zero-order valence-electron chi connectivity index (χ0n) is 11.0. The molecule has 1 aliphatic rings. The molecule has 0 radical (unpaired) electrons. The van der Waals surface area contributed by atoms with Crippen molar-refractivity contribution in [3.05, 3.63) is 45.4 Å². The van der Waals surface area contributed by atoms with E-state index in [1.807, 2.05) is 24.3 Å². The Morgan fingerprint density at radius 2 is 2.05 bits per heavy atom. The second-order valence-electron chi connectivity index (χ2n) is 4.87. The van der Waals surface area contributed by atoms with Crippen molar-refractivity contribution in [2.75, 3.05) is 16.4 Å². The molecule has 3 rings (SSSR count). The number of hydrogen-bond donors (Lipinski definition) is 3. The summed E-state index contributed by atoms with van der Waals surface area (Å²) in [5, 5.41) is 6.74. The van der Waals surface area contributed by atoms with Crippen molar-refractivity contribution >= 4 is 56.2 Å². The molecule has 21 heavy (non-hydrogen) atoms. The van der Waals surface area contributed by atoms with E-state index in [1.54, 1.807) is 6.07 Å². The van der Waals surface area contributed by atoms with Crippen molar-refractivity contribution in [1.29, 1.82) is 0 Å². The SMILES string of the molecule is Nc1cc2c(cc1Nc1cccc(Cl)c1Br)CCC(=O)N2. The molecule has 0 aliphatic carbocycles. The molecule has 1 heterocycles. The molecule has 1 aliphatic heterocycles. The number of carbonyl (C=O) groups excluding carboxylic acids is 1. The molecule has 2 aromatic carbocycles. The van der Waals surface area contributed by atoms with E-state index in [1.165, 1.54) is 0 Å². The number of fused-ring (bicyclic) bond motifs is 1. The number of amides is 1. The van der Waals surface area contributed by atoms with Crippen molar-refractivity contribution in [1.82, 2.24) is 0 Å². The Balaban J connectivity index is 1.96. The fourth-order valence-corrected chi connectivity index (χ4v) is 2.84. The molecule has 0 bridgehead atoms. The molecule has 0 fully saturated rings. The predicted molar refractivity (Wildman–Crippen MR) is 90.2 cm³/mol. The fraction of sp³-hybridized carbons (Fsp3) is 0.133. The number of carbonyl (C=O) groups is 1. The first kappa shape index (κ1) is 14.2. The molecule has 2 aromatic rings. The highest BCUT2D eigenvalue weighted by molar-refractivity contribution is 9.10. The lowest BCUT2D eigenvalue weighted by molar-refractivity contribution is -0.116. The number of hydrogen-bond acceptors (Lipinski definition) is 3. The maximum absolute atomic E-state index is 11.4. The van der Waals surface area contributed by atoms with Gasteiger partial charge in [0.2, 0.25) is 5.91 Å². The van der Waals surface area contributed by atoms with Gasteiger partial charge in [-0.2, -0.15) is 0 Å². The highest BCUT2D eigenvalue weighted by atomic mass is 79.9. The maximum atomic E-state index is 11.4. The fourth-order valence-electron chi connectivity index (χ4n) is 2.30. The minimum atomic E-state index is 0.0280. The zero-order chi connectivity index (χ0) is 15.0. The summed E-state index contributed by atoms with van der Waals surface area (Å²) in [5.74, 6) is 0.0280. The Kier molecular flexibility index (Phi) is 3.78. The smallest absolute Gasteiger partial charge is 0.224 e. The average molecular weight is 367 g/mol. The van der Waals surface area contributed by atoms with Crippen LogP contribution in [0, 0.1) is 0 Å². The van der Waals surface area contributed by atoms with Crippen LogP contribution < -0.4 is 16.4 Å². The van der Waals surface area contributed by atoms with E-state index in [9.17, 15) is 4.79 Å². The topological polar surface area (TPSA) is 67.1 Å². The Morgan fingerprint density at radius 3 is 2.86 bits per heavy atom. The Hall–Kier alpha value is -1.72. The van der Waals surface area contributed by atoms with Crippen LogP contribution in [0.1, 0.15) is 12.0 Å². The van der Waals surface area contributed by atoms with Gasteiger partial charge in [-0.25, -0.2) is 0 Å². The van der Waals surface area contributed by atoms with Crippen LogP contribution in [0.2, 0.25) is 5.02 Å². The van der Waals surface area contributed by atoms with Crippen LogP contribution in [0.3, 0.4) is 0 Å². The Bertz CT molecular complexity index is 733. The summed E-state index contributed by atoms with van der Waals surface area (Å²) in [5.41, 5.74) is 10.1. The summed E-state index contributed by atoms with van der Waals surface area (Å²) >= 11 is 9.54. The van der Waals surface area contributed by atoms with Gasteiger partial charge in [-0.05, 0) is 52.2 Å². The van der Waals surface area contributed by atoms with Crippen molar-refractivity contribution < 1.29 is 4.79 Å². The molecular weight excluding hydrogens is 354 g/mol. The molecule has 4 N–H and O–H groups in total. The van der Waals surface area contributed by atoms with Gasteiger partial charge in [0, 0.05) is 12.1 Å². The number of nitrogen functional groups attached to an aromatic ring is 1. The number of anilines is 4. The number of aryl methyl sites for hydroxylation is 1. The van der Waals surface area contributed by atoms with Crippen LogP contribution in [0.4, 0.5) is 22.7 Å². The first-order valence-electron chi connectivity index (χ1n) is 6.48. The third kappa shape index (κ3) is 2.84. The third-order valence-corrected chi connectivity index (χ3v) is 4.79. The Labute approximate surface area is 135 Å². The van der Waals surface area contributed by atoms with Gasteiger partial charge in [-0.1, -0.05) is 17.7 Å². The minimum Gasteiger partial charge on any atom is -0.397 e. The molecule has 4 nitrogen and oxygen atoms in total. The van der Waals surface area contributed by atoms with E-state index in [2.05, 4.69) is 26.6 Å². The number of benzene rings is 2. The summed E-state index contributed by atoms with van der Waals surface area (Å²) in [4.78, 5) is 11.4. The van der Waals surface area contributed by atoms with E-state index in [0.717, 1.165) is 27.1 Å². The minimum absolute atomic E-state index is 0.0280. The van der Waals surface area contributed by atoms with Crippen molar-refractivity contribution in [2.45, 2.75) is 12.8 Å². The van der Waals surface area contributed by atoms with Gasteiger partial charge >= 0.3 is 0 Å². The summed E-state index contributed by atoms with van der Waals surface area (Å²) in [6, 6.07) is 9.34. The van der Waals surface area contributed by atoms with Crippen molar-refractivity contribution in [2.24, 2.45) is 0 Å². The quantitative estimate of drug-likeness (QED) is 0.694. The third-order valence-electron chi connectivity index (χ3n) is 3.39. The molecule has 0 atom stereocenters. The highest BCUT2D eigenvalue weighted by Gasteiger charge is 2.17. The molecule has 0 aromatic heterocycles. The van der Waals surface area contributed by atoms with Crippen LogP contribution in [-0.2, 0) is 11.2 Å². The summed E-state index contributed by atoms with van der Waals surface area (Å²) in [6.07, 6.45) is 1.21. The monoisotopic (exact) mass is 365 g/mol. The van der Waals surface area contributed by atoms with Crippen LogP contribution in [0.5, 0.6) is 0 Å². The van der Waals surface area contributed by atoms with Crippen LogP contribution in [-0.4, -0.2) is 5.91 Å². The lowest BCUT2D eigenvalue weighted by atomic mass is 10.0. The number of halogens is 2. The van der Waals surface area contributed by atoms with Gasteiger partial charge in [0.05, 0.1) is 26.6 Å². The number of rotatable bonds is 2. The van der Waals surface area contributed by atoms with Gasteiger partial charge in [0.25, 0.3) is 0 Å². The Morgan fingerprint density at radius 1 is 1.24 bits per heavy atom. The summed E-state index contributed by atoms with van der Waals surface area (Å²) in [6.45, 7) is 0. The molecule has 0 saturated heterocycles. The molecule has 6 heteroatoms. The van der Waals surface area contributed by atoms with E-state index < -0.39 is 0 Å². The van der Waals surface area contributed by atoms with E-state index in [0.29, 0.717) is 23.6 Å². The molecule has 0 spiro atoms. The molecule has 108 valence electrons. The number of nitrogens with one attached hydrogen (secondary N) is 2. The standard InChI is InChI=1S/C15H13BrClN3O/c16-15-9(17)2-1-3-11(15)19-13-6-8-4-5-14(21)20-12(8)7-10(13)18/h1-3,6-7,19H,4-5,18H2,(H,20,21). The van der Waals surface area contributed by atoms with Crippen LogP contribution in [0.15, 0.2) is 34.8 Å². The van der Waals surface area contributed by atoms with Crippen LogP contribution in [0.25, 0.3) is 0 Å². The second-order valence-corrected chi connectivity index (χ2v) is 6.07. The largest absolute Gasteiger partial charge is 0.397 e. The average Bonchev–Trinajstić information content (AvgIpc) is 2.45. The van der Waals surface area contributed by atoms with E-state index in [4.69, 9.17) is 17.3 Å². The van der Waals surface area contributed by atoms with Gasteiger partial charge in [0.1, 0.15) is 0 Å². The first-order valence-corrected chi connectivity index (χ1v) is 7.65. The van der Waals surface area contributed by atoms with Crippen LogP contribution >= 0.6 is 27.5 Å². The number of nitrogens with two attached hydrogens (primary N) is 1. The predicted octanol–water partition coefficient (Wildman–Crippen LogP) is 4.31. The molecular formula is C15H13BrClN3O. The summed E-state index contributed by atoms with van der Waals surface area (Å²) < 4.78 is 0.789. The highest BCUT2D eigenvalue weighted by Crippen LogP contribution is 2.36.